The number of benzene rings is 1. The fourth-order valence-corrected chi connectivity index (χ4v) is 2.97. The SMILES string of the molecule is CC(C)(C)NC(=O)N1CCC(CNC(=O)Cc2ccc(Cl)cc2)CC1. The van der Waals surface area contributed by atoms with E-state index in [4.69, 9.17) is 11.6 Å². The predicted molar refractivity (Wildman–Crippen MR) is 101 cm³/mol. The van der Waals surface area contributed by atoms with Crippen LogP contribution in [0.25, 0.3) is 0 Å². The third-order valence-electron chi connectivity index (χ3n) is 4.25. The Morgan fingerprint density at radius 1 is 1.16 bits per heavy atom. The Balaban J connectivity index is 1.69. The molecule has 0 aromatic heterocycles. The van der Waals surface area contributed by atoms with Gasteiger partial charge in [-0.25, -0.2) is 4.79 Å². The quantitative estimate of drug-likeness (QED) is 0.860. The first kappa shape index (κ1) is 19.6. The second kappa shape index (κ2) is 8.56. The van der Waals surface area contributed by atoms with Gasteiger partial charge in [0.05, 0.1) is 6.42 Å². The van der Waals surface area contributed by atoms with Gasteiger partial charge in [0.1, 0.15) is 0 Å². The summed E-state index contributed by atoms with van der Waals surface area (Å²) in [4.78, 5) is 26.1. The zero-order valence-electron chi connectivity index (χ0n) is 15.3. The second-order valence-electron chi connectivity index (χ2n) is 7.72. The van der Waals surface area contributed by atoms with Crippen LogP contribution in [-0.2, 0) is 11.2 Å². The maximum absolute atomic E-state index is 12.1. The van der Waals surface area contributed by atoms with Crippen molar-refractivity contribution in [1.29, 1.82) is 0 Å². The van der Waals surface area contributed by atoms with Gasteiger partial charge in [0.2, 0.25) is 5.91 Å². The minimum absolute atomic E-state index is 0.00211. The molecule has 0 saturated carbocycles. The smallest absolute Gasteiger partial charge is 0.317 e. The van der Waals surface area contributed by atoms with Gasteiger partial charge in [0.25, 0.3) is 0 Å². The number of rotatable bonds is 4. The number of likely N-dealkylation sites (tertiary alicyclic amines) is 1. The predicted octanol–water partition coefficient (Wildman–Crippen LogP) is 3.22. The first-order valence-electron chi connectivity index (χ1n) is 8.81. The lowest BCUT2D eigenvalue weighted by molar-refractivity contribution is -0.120. The Morgan fingerprint density at radius 3 is 2.32 bits per heavy atom. The van der Waals surface area contributed by atoms with Gasteiger partial charge in [-0.2, -0.15) is 0 Å². The number of piperidine rings is 1. The summed E-state index contributed by atoms with van der Waals surface area (Å²) in [6.07, 6.45) is 2.20. The van der Waals surface area contributed by atoms with Crippen molar-refractivity contribution in [1.82, 2.24) is 15.5 Å². The van der Waals surface area contributed by atoms with Gasteiger partial charge in [-0.05, 0) is 57.2 Å². The van der Waals surface area contributed by atoms with E-state index < -0.39 is 0 Å². The monoisotopic (exact) mass is 365 g/mol. The largest absolute Gasteiger partial charge is 0.356 e. The summed E-state index contributed by atoms with van der Waals surface area (Å²) < 4.78 is 0. The Labute approximate surface area is 155 Å². The number of nitrogens with zero attached hydrogens (tertiary/aromatic N) is 1. The van der Waals surface area contributed by atoms with Crippen molar-refractivity contribution >= 4 is 23.5 Å². The molecule has 0 radical (unpaired) electrons. The lowest BCUT2D eigenvalue weighted by Gasteiger charge is -2.34. The summed E-state index contributed by atoms with van der Waals surface area (Å²) in [6.45, 7) is 8.08. The standard InChI is InChI=1S/C19H28ClN3O2/c1-19(2,3)22-18(25)23-10-8-15(9-11-23)13-21-17(24)12-14-4-6-16(20)7-5-14/h4-7,15H,8-13H2,1-3H3,(H,21,24)(H,22,25). The fourth-order valence-electron chi connectivity index (χ4n) is 2.85. The van der Waals surface area contributed by atoms with Crippen molar-refractivity contribution in [3.05, 3.63) is 34.9 Å². The summed E-state index contributed by atoms with van der Waals surface area (Å²) in [7, 11) is 0. The Hall–Kier alpha value is -1.75. The van der Waals surface area contributed by atoms with E-state index >= 15 is 0 Å². The summed E-state index contributed by atoms with van der Waals surface area (Å²) in [5.41, 5.74) is 0.736. The molecule has 5 nitrogen and oxygen atoms in total. The van der Waals surface area contributed by atoms with Crippen LogP contribution >= 0.6 is 11.6 Å². The van der Waals surface area contributed by atoms with Crippen molar-refractivity contribution in [3.8, 4) is 0 Å². The Morgan fingerprint density at radius 2 is 1.76 bits per heavy atom. The molecular formula is C19H28ClN3O2. The number of nitrogens with one attached hydrogen (secondary N) is 2. The van der Waals surface area contributed by atoms with Crippen LogP contribution in [0.3, 0.4) is 0 Å². The molecule has 25 heavy (non-hydrogen) atoms. The summed E-state index contributed by atoms with van der Waals surface area (Å²) in [5, 5.41) is 6.67. The first-order valence-corrected chi connectivity index (χ1v) is 9.19. The number of carbonyl (C=O) groups is 2. The van der Waals surface area contributed by atoms with Gasteiger partial charge in [0.15, 0.2) is 0 Å². The summed E-state index contributed by atoms with van der Waals surface area (Å²) in [5.74, 6) is 0.447. The molecule has 1 fully saturated rings. The van der Waals surface area contributed by atoms with Crippen LogP contribution in [0.5, 0.6) is 0 Å². The van der Waals surface area contributed by atoms with Crippen LogP contribution in [0.15, 0.2) is 24.3 Å². The van der Waals surface area contributed by atoms with E-state index in [1.165, 1.54) is 0 Å². The third-order valence-corrected chi connectivity index (χ3v) is 4.50. The van der Waals surface area contributed by atoms with Crippen LogP contribution in [0.1, 0.15) is 39.2 Å². The number of hydrogen-bond donors (Lipinski definition) is 2. The summed E-state index contributed by atoms with van der Waals surface area (Å²) >= 11 is 5.85. The molecule has 1 saturated heterocycles. The van der Waals surface area contributed by atoms with Crippen molar-refractivity contribution in [2.45, 2.75) is 45.6 Å². The van der Waals surface area contributed by atoms with Gasteiger partial charge >= 0.3 is 6.03 Å². The lowest BCUT2D eigenvalue weighted by atomic mass is 9.96. The molecule has 6 heteroatoms. The summed E-state index contributed by atoms with van der Waals surface area (Å²) in [6, 6.07) is 7.32. The minimum Gasteiger partial charge on any atom is -0.356 e. The van der Waals surface area contributed by atoms with Crippen LogP contribution in [0, 0.1) is 5.92 Å². The molecule has 1 heterocycles. The van der Waals surface area contributed by atoms with Crippen LogP contribution < -0.4 is 10.6 Å². The average molecular weight is 366 g/mol. The first-order chi connectivity index (χ1) is 11.7. The molecule has 2 N–H and O–H groups in total. The molecule has 1 aliphatic heterocycles. The maximum Gasteiger partial charge on any atom is 0.317 e. The Bertz CT molecular complexity index is 588. The van der Waals surface area contributed by atoms with Gasteiger partial charge in [-0.3, -0.25) is 4.79 Å². The van der Waals surface area contributed by atoms with E-state index in [-0.39, 0.29) is 17.5 Å². The normalized spacial score (nSPS) is 15.8. The van der Waals surface area contributed by atoms with Gasteiger partial charge in [0, 0.05) is 30.2 Å². The second-order valence-corrected chi connectivity index (χ2v) is 8.15. The molecule has 1 aliphatic rings. The minimum atomic E-state index is -0.219. The topological polar surface area (TPSA) is 61.4 Å². The molecule has 2 rings (SSSR count). The zero-order chi connectivity index (χ0) is 18.4. The number of amides is 3. The van der Waals surface area contributed by atoms with Gasteiger partial charge in [-0.1, -0.05) is 23.7 Å². The molecule has 138 valence electrons. The van der Waals surface area contributed by atoms with Gasteiger partial charge in [-0.15, -0.1) is 0 Å². The highest BCUT2D eigenvalue weighted by molar-refractivity contribution is 6.30. The van der Waals surface area contributed by atoms with E-state index in [9.17, 15) is 9.59 Å². The molecule has 0 atom stereocenters. The van der Waals surface area contributed by atoms with Crippen molar-refractivity contribution < 1.29 is 9.59 Å². The van der Waals surface area contributed by atoms with E-state index in [0.717, 1.165) is 31.5 Å². The number of halogens is 1. The lowest BCUT2D eigenvalue weighted by Crippen LogP contribution is -2.51. The van der Waals surface area contributed by atoms with E-state index in [1.54, 1.807) is 12.1 Å². The number of carbonyl (C=O) groups excluding carboxylic acids is 2. The maximum atomic E-state index is 12.1. The molecule has 1 aromatic rings. The third kappa shape index (κ3) is 6.94. The molecule has 0 unspecified atom stereocenters. The number of hydrogen-bond acceptors (Lipinski definition) is 2. The zero-order valence-corrected chi connectivity index (χ0v) is 16.0. The van der Waals surface area contributed by atoms with Crippen LogP contribution in [0.2, 0.25) is 5.02 Å². The molecule has 0 aliphatic carbocycles. The van der Waals surface area contributed by atoms with Crippen molar-refractivity contribution in [3.63, 3.8) is 0 Å². The van der Waals surface area contributed by atoms with E-state index in [2.05, 4.69) is 10.6 Å². The van der Waals surface area contributed by atoms with Gasteiger partial charge < -0.3 is 15.5 Å². The van der Waals surface area contributed by atoms with Crippen molar-refractivity contribution in [2.75, 3.05) is 19.6 Å². The highest BCUT2D eigenvalue weighted by atomic mass is 35.5. The average Bonchev–Trinajstić information content (AvgIpc) is 2.54. The fraction of sp³-hybridized carbons (Fsp3) is 0.579. The molecular weight excluding hydrogens is 338 g/mol. The molecule has 0 bridgehead atoms. The highest BCUT2D eigenvalue weighted by Crippen LogP contribution is 2.17. The van der Waals surface area contributed by atoms with Crippen LogP contribution in [0.4, 0.5) is 4.79 Å². The van der Waals surface area contributed by atoms with E-state index in [1.807, 2.05) is 37.8 Å². The molecule has 1 aromatic carbocycles. The van der Waals surface area contributed by atoms with Crippen LogP contribution in [-0.4, -0.2) is 42.0 Å². The highest BCUT2D eigenvalue weighted by Gasteiger charge is 2.25. The van der Waals surface area contributed by atoms with Crippen molar-refractivity contribution in [2.24, 2.45) is 5.92 Å². The van der Waals surface area contributed by atoms with E-state index in [0.29, 0.717) is 23.9 Å². The molecule has 0 spiro atoms. The number of urea groups is 1. The Kier molecular flexibility index (Phi) is 6.71. The molecule has 3 amide bonds.